The molecule has 1 aliphatic rings. The van der Waals surface area contributed by atoms with Crippen LogP contribution in [0, 0.1) is 0 Å². The van der Waals surface area contributed by atoms with Gasteiger partial charge in [0.25, 0.3) is 0 Å². The Hall–Kier alpha value is -4.62. The third kappa shape index (κ3) is 7.85. The molecule has 0 bridgehead atoms. The first-order valence-electron chi connectivity index (χ1n) is 15.0. The van der Waals surface area contributed by atoms with E-state index in [-0.39, 0.29) is 31.2 Å². The van der Waals surface area contributed by atoms with E-state index < -0.39 is 24.1 Å². The Balaban J connectivity index is 1.29. The lowest BCUT2D eigenvalue weighted by molar-refractivity contribution is -0.124. The van der Waals surface area contributed by atoms with Crippen molar-refractivity contribution < 1.29 is 24.2 Å². The predicted octanol–water partition coefficient (Wildman–Crippen LogP) is 6.03. The van der Waals surface area contributed by atoms with Crippen LogP contribution >= 0.6 is 0 Å². The molecule has 0 aromatic heterocycles. The Morgan fingerprint density at radius 1 is 0.750 bits per heavy atom. The Labute approximate surface area is 259 Å². The third-order valence-corrected chi connectivity index (χ3v) is 7.63. The molecule has 3 N–H and O–H groups in total. The molecule has 1 aliphatic carbocycles. The van der Waals surface area contributed by atoms with Crippen molar-refractivity contribution in [1.82, 2.24) is 10.6 Å². The van der Waals surface area contributed by atoms with Crippen molar-refractivity contribution in [1.29, 1.82) is 0 Å². The number of aliphatic hydroxyl groups is 1. The van der Waals surface area contributed by atoms with Gasteiger partial charge in [-0.1, -0.05) is 91.0 Å². The van der Waals surface area contributed by atoms with Crippen LogP contribution in [-0.2, 0) is 22.4 Å². The lowest BCUT2D eigenvalue weighted by Crippen LogP contribution is -2.52. The van der Waals surface area contributed by atoms with E-state index in [0.717, 1.165) is 39.1 Å². The van der Waals surface area contributed by atoms with Gasteiger partial charge in [-0.3, -0.25) is 4.79 Å². The number of nitrogens with one attached hydrogen (secondary N) is 2. The van der Waals surface area contributed by atoms with Crippen LogP contribution in [0.15, 0.2) is 103 Å². The monoisotopic (exact) mass is 592 g/mol. The Kier molecular flexibility index (Phi) is 9.65. The van der Waals surface area contributed by atoms with Crippen LogP contribution in [0.4, 0.5) is 4.79 Å². The minimum absolute atomic E-state index is 0.0968. The normalized spacial score (nSPS) is 13.7. The van der Waals surface area contributed by atoms with Crippen LogP contribution in [0.25, 0.3) is 11.1 Å². The molecule has 2 atom stereocenters. The molecular weight excluding hydrogens is 552 g/mol. The number of aliphatic hydroxyl groups excluding tert-OH is 1. The van der Waals surface area contributed by atoms with Crippen molar-refractivity contribution >= 4 is 12.0 Å². The average Bonchev–Trinajstić information content (AvgIpc) is 3.33. The molecule has 7 heteroatoms. The molecule has 0 aliphatic heterocycles. The fourth-order valence-electron chi connectivity index (χ4n) is 5.64. The van der Waals surface area contributed by atoms with Gasteiger partial charge >= 0.3 is 6.09 Å². The molecule has 0 radical (unpaired) electrons. The van der Waals surface area contributed by atoms with E-state index in [1.165, 1.54) is 0 Å². The molecule has 0 unspecified atom stereocenters. The summed E-state index contributed by atoms with van der Waals surface area (Å²) in [5, 5.41) is 15.8. The van der Waals surface area contributed by atoms with Gasteiger partial charge in [0.05, 0.1) is 12.6 Å². The summed E-state index contributed by atoms with van der Waals surface area (Å²) in [6, 6.07) is 32.0. The van der Waals surface area contributed by atoms with Crippen molar-refractivity contribution in [3.63, 3.8) is 0 Å². The van der Waals surface area contributed by atoms with E-state index in [9.17, 15) is 14.7 Å². The van der Waals surface area contributed by atoms with Gasteiger partial charge in [0.15, 0.2) is 0 Å². The number of carbonyl (C=O) groups excluding carboxylic acids is 2. The molecule has 0 spiro atoms. The van der Waals surface area contributed by atoms with Gasteiger partial charge in [0.2, 0.25) is 5.91 Å². The molecule has 0 fully saturated rings. The number of ether oxygens (including phenoxy) is 2. The quantitative estimate of drug-likeness (QED) is 0.198. The zero-order valence-corrected chi connectivity index (χ0v) is 25.5. The minimum atomic E-state index is -0.926. The average molecular weight is 593 g/mol. The van der Waals surface area contributed by atoms with Crippen molar-refractivity contribution in [3.8, 4) is 16.9 Å². The van der Waals surface area contributed by atoms with E-state index in [1.54, 1.807) is 0 Å². The second-order valence-corrected chi connectivity index (χ2v) is 12.2. The highest BCUT2D eigenvalue weighted by Crippen LogP contribution is 2.44. The molecule has 0 saturated carbocycles. The van der Waals surface area contributed by atoms with Crippen LogP contribution < -0.4 is 15.4 Å². The summed E-state index contributed by atoms with van der Waals surface area (Å²) < 4.78 is 11.7. The summed E-state index contributed by atoms with van der Waals surface area (Å²) in [6.45, 7) is 5.84. The van der Waals surface area contributed by atoms with Crippen LogP contribution in [0.5, 0.6) is 5.75 Å². The van der Waals surface area contributed by atoms with Gasteiger partial charge in [0.1, 0.15) is 24.0 Å². The van der Waals surface area contributed by atoms with Crippen molar-refractivity contribution in [2.45, 2.75) is 57.2 Å². The summed E-state index contributed by atoms with van der Waals surface area (Å²) in [5.74, 6) is 0.221. The smallest absolute Gasteiger partial charge is 0.407 e. The van der Waals surface area contributed by atoms with Crippen molar-refractivity contribution in [2.75, 3.05) is 13.2 Å². The number of amides is 2. The van der Waals surface area contributed by atoms with E-state index in [0.29, 0.717) is 6.42 Å². The Bertz CT molecular complexity index is 1520. The topological polar surface area (TPSA) is 96.9 Å². The maximum absolute atomic E-state index is 13.6. The van der Waals surface area contributed by atoms with E-state index in [2.05, 4.69) is 34.9 Å². The van der Waals surface area contributed by atoms with Gasteiger partial charge in [-0.05, 0) is 72.7 Å². The molecule has 4 aromatic rings. The first kappa shape index (κ1) is 30.8. The third-order valence-electron chi connectivity index (χ3n) is 7.63. The number of hydrogen-bond acceptors (Lipinski definition) is 5. The lowest BCUT2D eigenvalue weighted by Gasteiger charge is -2.24. The molecule has 5 rings (SSSR count). The van der Waals surface area contributed by atoms with Gasteiger partial charge in [-0.15, -0.1) is 0 Å². The second kappa shape index (κ2) is 13.8. The maximum atomic E-state index is 13.6. The molecule has 7 nitrogen and oxygen atoms in total. The number of fused-ring (bicyclic) bond motifs is 3. The highest BCUT2D eigenvalue weighted by atomic mass is 16.5. The standard InChI is InChI=1S/C37H40N2O5/c1-37(2,3)44-28-19-17-26(18-20-28)22-34(35(41)38-27(23-40)21-25-11-5-4-6-12-25)39-36(42)43-24-33-31-15-9-7-13-29(31)30-14-8-10-16-32(30)33/h4-20,27,33-34,40H,21-24H2,1-3H3,(H,38,41)(H,39,42)/t27-,34+/m1/s1. The molecule has 2 amide bonds. The maximum Gasteiger partial charge on any atom is 0.407 e. The highest BCUT2D eigenvalue weighted by Gasteiger charge is 2.30. The first-order valence-corrected chi connectivity index (χ1v) is 15.0. The first-order chi connectivity index (χ1) is 21.2. The summed E-state index contributed by atoms with van der Waals surface area (Å²) in [4.78, 5) is 26.8. The van der Waals surface area contributed by atoms with E-state index in [4.69, 9.17) is 9.47 Å². The van der Waals surface area contributed by atoms with Crippen LogP contribution in [0.1, 0.15) is 48.9 Å². The largest absolute Gasteiger partial charge is 0.488 e. The zero-order chi connectivity index (χ0) is 31.1. The van der Waals surface area contributed by atoms with Crippen LogP contribution in [0.3, 0.4) is 0 Å². The van der Waals surface area contributed by atoms with Gasteiger partial charge in [0, 0.05) is 12.3 Å². The number of benzene rings is 4. The van der Waals surface area contributed by atoms with Gasteiger partial charge in [-0.25, -0.2) is 4.79 Å². The molecule has 228 valence electrons. The van der Waals surface area contributed by atoms with Crippen molar-refractivity contribution in [2.24, 2.45) is 0 Å². The number of carbonyl (C=O) groups is 2. The number of alkyl carbamates (subject to hydrolysis) is 1. The predicted molar refractivity (Wildman–Crippen MR) is 172 cm³/mol. The number of hydrogen-bond donors (Lipinski definition) is 3. The zero-order valence-electron chi connectivity index (χ0n) is 25.5. The summed E-state index contributed by atoms with van der Waals surface area (Å²) in [5.41, 5.74) is 5.99. The molecule has 0 saturated heterocycles. The summed E-state index contributed by atoms with van der Waals surface area (Å²) in [7, 11) is 0. The fraction of sp³-hybridized carbons (Fsp3) is 0.297. The fourth-order valence-corrected chi connectivity index (χ4v) is 5.64. The highest BCUT2D eigenvalue weighted by molar-refractivity contribution is 5.86. The Morgan fingerprint density at radius 2 is 1.32 bits per heavy atom. The van der Waals surface area contributed by atoms with Crippen LogP contribution in [0.2, 0.25) is 0 Å². The SMILES string of the molecule is CC(C)(C)Oc1ccc(C[C@H](NC(=O)OCC2c3ccccc3-c3ccccc32)C(=O)N[C@@H](CO)Cc2ccccc2)cc1. The molecular formula is C37H40N2O5. The molecule has 44 heavy (non-hydrogen) atoms. The lowest BCUT2D eigenvalue weighted by atomic mass is 9.98. The summed E-state index contributed by atoms with van der Waals surface area (Å²) in [6.07, 6.45) is 0.0119. The Morgan fingerprint density at radius 3 is 1.91 bits per heavy atom. The minimum Gasteiger partial charge on any atom is -0.488 e. The van der Waals surface area contributed by atoms with Gasteiger partial charge in [-0.2, -0.15) is 0 Å². The number of rotatable bonds is 11. The summed E-state index contributed by atoms with van der Waals surface area (Å²) >= 11 is 0. The second-order valence-electron chi connectivity index (χ2n) is 12.2. The van der Waals surface area contributed by atoms with Crippen molar-refractivity contribution in [3.05, 3.63) is 125 Å². The van der Waals surface area contributed by atoms with E-state index in [1.807, 2.05) is 99.6 Å². The molecule has 4 aromatic carbocycles. The van der Waals surface area contributed by atoms with Crippen LogP contribution in [-0.4, -0.2) is 48.0 Å². The van der Waals surface area contributed by atoms with E-state index >= 15 is 0 Å². The molecule has 0 heterocycles. The van der Waals surface area contributed by atoms with Gasteiger partial charge < -0.3 is 25.2 Å².